The van der Waals surface area contributed by atoms with Gasteiger partial charge in [-0.15, -0.1) is 0 Å². The van der Waals surface area contributed by atoms with Gasteiger partial charge in [0.1, 0.15) is 22.8 Å². The van der Waals surface area contributed by atoms with Crippen molar-refractivity contribution in [1.82, 2.24) is 0 Å². The van der Waals surface area contributed by atoms with E-state index < -0.39 is 5.97 Å². The number of esters is 1. The zero-order chi connectivity index (χ0) is 21.7. The maximum Gasteiger partial charge on any atom is 0.347 e. The van der Waals surface area contributed by atoms with Gasteiger partial charge in [0.05, 0.1) is 13.2 Å². The molecule has 3 rings (SSSR count). The normalized spacial score (nSPS) is 11.2. The predicted molar refractivity (Wildman–Crippen MR) is 121 cm³/mol. The molecule has 4 nitrogen and oxygen atoms in total. The minimum atomic E-state index is -0.455. The maximum absolute atomic E-state index is 13.2. The Balaban J connectivity index is 2.10. The summed E-state index contributed by atoms with van der Waals surface area (Å²) in [4.78, 5) is 13.2. The highest BCUT2D eigenvalue weighted by Gasteiger charge is 2.22. The van der Waals surface area contributed by atoms with Crippen LogP contribution in [0.2, 0.25) is 0 Å². The van der Waals surface area contributed by atoms with Gasteiger partial charge in [0.15, 0.2) is 0 Å². The molecule has 0 aliphatic rings. The fraction of sp³-hybridized carbons (Fsp3) is 0.346. The van der Waals surface area contributed by atoms with E-state index in [1.807, 2.05) is 49.4 Å². The van der Waals surface area contributed by atoms with Crippen molar-refractivity contribution in [1.29, 1.82) is 0 Å². The Morgan fingerprint density at radius 2 is 1.40 bits per heavy atom. The molecule has 0 aliphatic carbocycles. The van der Waals surface area contributed by atoms with Crippen molar-refractivity contribution in [3.05, 3.63) is 65.7 Å². The third-order valence-electron chi connectivity index (χ3n) is 4.61. The molecule has 3 aromatic rings. The Kier molecular flexibility index (Phi) is 6.99. The second kappa shape index (κ2) is 9.66. The number of hydrogen-bond acceptors (Lipinski definition) is 4. The van der Waals surface area contributed by atoms with Crippen molar-refractivity contribution in [3.8, 4) is 17.2 Å². The van der Waals surface area contributed by atoms with E-state index in [1.165, 1.54) is 0 Å². The van der Waals surface area contributed by atoms with E-state index in [-0.39, 0.29) is 0 Å². The van der Waals surface area contributed by atoms with Gasteiger partial charge in [-0.2, -0.15) is 0 Å². The largest absolute Gasteiger partial charge is 0.493 e. The lowest BCUT2D eigenvalue weighted by Crippen LogP contribution is -2.15. The van der Waals surface area contributed by atoms with Gasteiger partial charge in [-0.25, -0.2) is 4.79 Å². The summed E-state index contributed by atoms with van der Waals surface area (Å²) in [5.74, 6) is 1.96. The number of fused-ring (bicyclic) bond motifs is 1. The molecule has 3 aromatic carbocycles. The summed E-state index contributed by atoms with van der Waals surface area (Å²) in [7, 11) is 0. The molecule has 0 atom stereocenters. The van der Waals surface area contributed by atoms with Crippen molar-refractivity contribution < 1.29 is 19.0 Å². The standard InChI is InChI=1S/C26H30O4/c1-17(2)15-28-24-14-22(26(27)30-23-13-9-6-10-19(23)5)25(29-16-18(3)4)21-12-8-7-11-20(21)24/h6-14,17-18H,15-16H2,1-5H3. The first-order chi connectivity index (χ1) is 14.4. The average molecular weight is 407 g/mol. The number of benzene rings is 3. The highest BCUT2D eigenvalue weighted by atomic mass is 16.5. The Bertz CT molecular complexity index is 1020. The molecule has 0 saturated carbocycles. The first-order valence-electron chi connectivity index (χ1n) is 10.5. The van der Waals surface area contributed by atoms with Crippen molar-refractivity contribution in [2.75, 3.05) is 13.2 Å². The fourth-order valence-corrected chi connectivity index (χ4v) is 3.07. The van der Waals surface area contributed by atoms with E-state index in [1.54, 1.807) is 12.1 Å². The minimum absolute atomic E-state index is 0.320. The number of carbonyl (C=O) groups excluding carboxylic acids is 1. The van der Waals surface area contributed by atoms with Gasteiger partial charge >= 0.3 is 5.97 Å². The summed E-state index contributed by atoms with van der Waals surface area (Å²) < 4.78 is 17.9. The van der Waals surface area contributed by atoms with Gasteiger partial charge in [0.25, 0.3) is 0 Å². The third kappa shape index (κ3) is 5.12. The monoisotopic (exact) mass is 406 g/mol. The van der Waals surface area contributed by atoms with Gasteiger partial charge < -0.3 is 14.2 Å². The van der Waals surface area contributed by atoms with Crippen LogP contribution in [-0.4, -0.2) is 19.2 Å². The molecule has 0 amide bonds. The van der Waals surface area contributed by atoms with Gasteiger partial charge in [-0.05, 0) is 36.5 Å². The van der Waals surface area contributed by atoms with Crippen LogP contribution in [-0.2, 0) is 0 Å². The van der Waals surface area contributed by atoms with Gasteiger partial charge in [0, 0.05) is 10.8 Å². The van der Waals surface area contributed by atoms with E-state index in [0.717, 1.165) is 16.3 Å². The summed E-state index contributed by atoms with van der Waals surface area (Å²) in [5.41, 5.74) is 1.27. The minimum Gasteiger partial charge on any atom is -0.493 e. The van der Waals surface area contributed by atoms with Crippen LogP contribution in [0, 0.1) is 18.8 Å². The second-order valence-electron chi connectivity index (χ2n) is 8.36. The van der Waals surface area contributed by atoms with Crippen LogP contribution in [0.1, 0.15) is 43.6 Å². The summed E-state index contributed by atoms with van der Waals surface area (Å²) in [6.07, 6.45) is 0. The Hall–Kier alpha value is -3.01. The number of aryl methyl sites for hydroxylation is 1. The third-order valence-corrected chi connectivity index (χ3v) is 4.61. The molecule has 30 heavy (non-hydrogen) atoms. The molecule has 4 heteroatoms. The first-order valence-corrected chi connectivity index (χ1v) is 10.5. The van der Waals surface area contributed by atoms with E-state index in [2.05, 4.69) is 27.7 Å². The number of para-hydroxylation sites is 1. The Labute approximate surface area is 178 Å². The predicted octanol–water partition coefficient (Wildman–Crippen LogP) is 6.44. The van der Waals surface area contributed by atoms with Crippen molar-refractivity contribution in [3.63, 3.8) is 0 Å². The molecular weight excluding hydrogens is 376 g/mol. The SMILES string of the molecule is Cc1ccccc1OC(=O)c1cc(OCC(C)C)c2ccccc2c1OCC(C)C. The Morgan fingerprint density at radius 3 is 2.07 bits per heavy atom. The lowest BCUT2D eigenvalue weighted by Gasteiger charge is -2.19. The smallest absolute Gasteiger partial charge is 0.347 e. The van der Waals surface area contributed by atoms with E-state index in [4.69, 9.17) is 14.2 Å². The summed E-state index contributed by atoms with van der Waals surface area (Å²) in [5, 5.41) is 1.76. The van der Waals surface area contributed by atoms with Crippen LogP contribution in [0.5, 0.6) is 17.2 Å². The molecule has 0 aromatic heterocycles. The molecule has 0 unspecified atom stereocenters. The van der Waals surface area contributed by atoms with Crippen LogP contribution >= 0.6 is 0 Å². The number of rotatable bonds is 8. The lowest BCUT2D eigenvalue weighted by molar-refractivity contribution is 0.0728. The highest BCUT2D eigenvalue weighted by Crippen LogP contribution is 2.38. The molecule has 0 spiro atoms. The van der Waals surface area contributed by atoms with Gasteiger partial charge in [-0.1, -0.05) is 70.2 Å². The molecule has 0 N–H and O–H groups in total. The van der Waals surface area contributed by atoms with Gasteiger partial charge in [0.2, 0.25) is 0 Å². The zero-order valence-corrected chi connectivity index (χ0v) is 18.4. The quantitative estimate of drug-likeness (QED) is 0.319. The molecule has 0 bridgehead atoms. The fourth-order valence-electron chi connectivity index (χ4n) is 3.07. The molecule has 158 valence electrons. The number of ether oxygens (including phenoxy) is 3. The van der Waals surface area contributed by atoms with Crippen LogP contribution in [0.4, 0.5) is 0 Å². The second-order valence-corrected chi connectivity index (χ2v) is 8.36. The van der Waals surface area contributed by atoms with Crippen LogP contribution in [0.3, 0.4) is 0 Å². The zero-order valence-electron chi connectivity index (χ0n) is 18.4. The summed E-state index contributed by atoms with van der Waals surface area (Å²) >= 11 is 0. The summed E-state index contributed by atoms with van der Waals surface area (Å²) in [6.45, 7) is 11.3. The van der Waals surface area contributed by atoms with Crippen LogP contribution in [0.25, 0.3) is 10.8 Å². The van der Waals surface area contributed by atoms with Crippen molar-refractivity contribution in [2.24, 2.45) is 11.8 Å². The maximum atomic E-state index is 13.2. The molecular formula is C26H30O4. The van der Waals surface area contributed by atoms with Crippen molar-refractivity contribution >= 4 is 16.7 Å². The van der Waals surface area contributed by atoms with Crippen molar-refractivity contribution in [2.45, 2.75) is 34.6 Å². The molecule has 0 fully saturated rings. The number of hydrogen-bond donors (Lipinski definition) is 0. The topological polar surface area (TPSA) is 44.8 Å². The van der Waals surface area contributed by atoms with Gasteiger partial charge in [-0.3, -0.25) is 0 Å². The van der Waals surface area contributed by atoms with E-state index in [0.29, 0.717) is 47.9 Å². The first kappa shape index (κ1) is 21.7. The summed E-state index contributed by atoms with van der Waals surface area (Å²) in [6, 6.07) is 17.1. The lowest BCUT2D eigenvalue weighted by atomic mass is 10.0. The highest BCUT2D eigenvalue weighted by molar-refractivity contribution is 6.04. The van der Waals surface area contributed by atoms with Crippen LogP contribution < -0.4 is 14.2 Å². The molecule has 0 saturated heterocycles. The number of carbonyl (C=O) groups is 1. The van der Waals surface area contributed by atoms with E-state index in [9.17, 15) is 4.79 Å². The van der Waals surface area contributed by atoms with E-state index >= 15 is 0 Å². The average Bonchev–Trinajstić information content (AvgIpc) is 2.72. The Morgan fingerprint density at radius 1 is 0.800 bits per heavy atom. The van der Waals surface area contributed by atoms with Crippen LogP contribution in [0.15, 0.2) is 54.6 Å². The molecule has 0 heterocycles. The molecule has 0 radical (unpaired) electrons. The molecule has 0 aliphatic heterocycles.